The molecule has 6 heteroatoms. The van der Waals surface area contributed by atoms with Crippen LogP contribution in [0.15, 0.2) is 18.2 Å². The molecule has 3 atom stereocenters. The first-order chi connectivity index (χ1) is 13.2. The summed E-state index contributed by atoms with van der Waals surface area (Å²) < 4.78 is 17.1. The summed E-state index contributed by atoms with van der Waals surface area (Å²) >= 11 is 0. The lowest BCUT2D eigenvalue weighted by Gasteiger charge is -2.46. The van der Waals surface area contributed by atoms with Crippen molar-refractivity contribution < 1.29 is 19.0 Å². The first-order valence-corrected chi connectivity index (χ1v) is 10.4. The van der Waals surface area contributed by atoms with Crippen LogP contribution in [0.4, 0.5) is 4.79 Å². The van der Waals surface area contributed by atoms with Gasteiger partial charge in [-0.2, -0.15) is 0 Å². The highest BCUT2D eigenvalue weighted by atomic mass is 16.7. The van der Waals surface area contributed by atoms with Crippen molar-refractivity contribution in [2.24, 2.45) is 0 Å². The van der Waals surface area contributed by atoms with E-state index >= 15 is 0 Å². The van der Waals surface area contributed by atoms with Gasteiger partial charge in [0, 0.05) is 45.1 Å². The number of benzene rings is 1. The van der Waals surface area contributed by atoms with E-state index in [0.717, 1.165) is 30.9 Å². The molecular formula is C22H34N2O4. The molecule has 1 aromatic rings. The van der Waals surface area contributed by atoms with Crippen LogP contribution in [0, 0.1) is 0 Å². The van der Waals surface area contributed by atoms with Crippen molar-refractivity contribution in [3.63, 3.8) is 0 Å². The number of carbonyl (C=O) groups is 1. The zero-order valence-corrected chi connectivity index (χ0v) is 18.0. The molecular weight excluding hydrogens is 356 g/mol. The zero-order chi connectivity index (χ0) is 20.5. The molecule has 156 valence electrons. The molecule has 0 bridgehead atoms. The highest BCUT2D eigenvalue weighted by Gasteiger charge is 2.36. The van der Waals surface area contributed by atoms with Crippen molar-refractivity contribution in [2.75, 3.05) is 19.7 Å². The fraction of sp³-hybridized carbons (Fsp3) is 0.682. The van der Waals surface area contributed by atoms with Gasteiger partial charge in [0.1, 0.15) is 0 Å². The molecule has 1 fully saturated rings. The molecule has 0 spiro atoms. The van der Waals surface area contributed by atoms with E-state index in [0.29, 0.717) is 13.2 Å². The summed E-state index contributed by atoms with van der Waals surface area (Å²) in [5.41, 5.74) is 1.19. The highest BCUT2D eigenvalue weighted by molar-refractivity contribution is 5.68. The predicted molar refractivity (Wildman–Crippen MR) is 109 cm³/mol. The molecule has 2 aliphatic heterocycles. The van der Waals surface area contributed by atoms with Crippen molar-refractivity contribution in [1.29, 1.82) is 0 Å². The van der Waals surface area contributed by atoms with Gasteiger partial charge in [-0.05, 0) is 44.9 Å². The number of piperazine rings is 1. The largest absolute Gasteiger partial charge is 0.449 e. The number of amides is 1. The fourth-order valence-electron chi connectivity index (χ4n) is 4.02. The summed E-state index contributed by atoms with van der Waals surface area (Å²) in [7, 11) is 0. The lowest BCUT2D eigenvalue weighted by Crippen LogP contribution is -2.58. The second kappa shape index (κ2) is 8.19. The number of hydrogen-bond acceptors (Lipinski definition) is 5. The van der Waals surface area contributed by atoms with Crippen LogP contribution < -0.4 is 9.47 Å². The Labute approximate surface area is 168 Å². The third-order valence-electron chi connectivity index (χ3n) is 5.65. The van der Waals surface area contributed by atoms with Gasteiger partial charge in [0.2, 0.25) is 5.79 Å². The Morgan fingerprint density at radius 2 is 1.93 bits per heavy atom. The van der Waals surface area contributed by atoms with Crippen LogP contribution in [-0.4, -0.2) is 53.5 Å². The van der Waals surface area contributed by atoms with Gasteiger partial charge in [0.05, 0.1) is 6.61 Å². The van der Waals surface area contributed by atoms with Crippen LogP contribution in [0.5, 0.6) is 11.5 Å². The summed E-state index contributed by atoms with van der Waals surface area (Å²) in [6.45, 7) is 14.4. The monoisotopic (exact) mass is 390 g/mol. The average Bonchev–Trinajstić information content (AvgIpc) is 2.95. The summed E-state index contributed by atoms with van der Waals surface area (Å²) in [5.74, 6) is 0.977. The summed E-state index contributed by atoms with van der Waals surface area (Å²) in [6, 6.07) is 6.75. The summed E-state index contributed by atoms with van der Waals surface area (Å²) in [4.78, 5) is 16.7. The van der Waals surface area contributed by atoms with E-state index in [2.05, 4.69) is 44.7 Å². The predicted octanol–water partition coefficient (Wildman–Crippen LogP) is 4.59. The van der Waals surface area contributed by atoms with Crippen LogP contribution in [-0.2, 0) is 4.74 Å². The van der Waals surface area contributed by atoms with Crippen molar-refractivity contribution >= 4 is 6.09 Å². The molecule has 1 unspecified atom stereocenters. The molecule has 2 heterocycles. The number of rotatable bonds is 5. The Kier molecular flexibility index (Phi) is 6.08. The maximum absolute atomic E-state index is 12.4. The normalized spacial score (nSPS) is 24.9. The van der Waals surface area contributed by atoms with Crippen molar-refractivity contribution in [3.8, 4) is 11.5 Å². The number of fused-ring (bicyclic) bond motifs is 1. The average molecular weight is 391 g/mol. The second-order valence-corrected chi connectivity index (χ2v) is 8.50. The molecule has 1 aromatic carbocycles. The SMILES string of the molecule is CCCCOC(=O)N1C[C@@H](C)N(C(C)c2ccc3c(c2)OC(C)(C)O3)C[C@@H]1C. The third kappa shape index (κ3) is 4.37. The Bertz CT molecular complexity index is 706. The van der Waals surface area contributed by atoms with Gasteiger partial charge in [0.25, 0.3) is 0 Å². The highest BCUT2D eigenvalue weighted by Crippen LogP contribution is 2.41. The topological polar surface area (TPSA) is 51.2 Å². The standard InChI is InChI=1S/C22H34N2O4/c1-7-8-11-26-21(25)24-14-15(2)23(13-16(24)3)17(4)18-9-10-19-20(12-18)28-22(5,6)27-19/h9-10,12,15-17H,7-8,11,13-14H2,1-6H3/t15-,16+,17?/m1/s1. The van der Waals surface area contributed by atoms with Crippen molar-refractivity contribution in [3.05, 3.63) is 23.8 Å². The van der Waals surface area contributed by atoms with Gasteiger partial charge in [-0.15, -0.1) is 0 Å². The Balaban J connectivity index is 1.66. The molecule has 6 nitrogen and oxygen atoms in total. The van der Waals surface area contributed by atoms with Crippen LogP contribution in [0.25, 0.3) is 0 Å². The molecule has 0 N–H and O–H groups in total. The lowest BCUT2D eigenvalue weighted by atomic mass is 10.0. The molecule has 0 aliphatic carbocycles. The number of ether oxygens (including phenoxy) is 3. The van der Waals surface area contributed by atoms with Gasteiger partial charge < -0.3 is 19.1 Å². The van der Waals surface area contributed by atoms with Crippen LogP contribution in [0.1, 0.15) is 66.0 Å². The quantitative estimate of drug-likeness (QED) is 0.689. The van der Waals surface area contributed by atoms with Gasteiger partial charge in [-0.25, -0.2) is 4.79 Å². The zero-order valence-electron chi connectivity index (χ0n) is 18.0. The second-order valence-electron chi connectivity index (χ2n) is 8.50. The Hall–Kier alpha value is -1.95. The lowest BCUT2D eigenvalue weighted by molar-refractivity contribution is -0.0431. The molecule has 0 radical (unpaired) electrons. The molecule has 3 rings (SSSR count). The van der Waals surface area contributed by atoms with Crippen LogP contribution in [0.2, 0.25) is 0 Å². The smallest absolute Gasteiger partial charge is 0.410 e. The van der Waals surface area contributed by atoms with E-state index in [9.17, 15) is 4.79 Å². The summed E-state index contributed by atoms with van der Waals surface area (Å²) in [6.07, 6.45) is 1.75. The van der Waals surface area contributed by atoms with E-state index < -0.39 is 5.79 Å². The van der Waals surface area contributed by atoms with Gasteiger partial charge >= 0.3 is 6.09 Å². The van der Waals surface area contributed by atoms with E-state index in [1.807, 2.05) is 24.8 Å². The maximum atomic E-state index is 12.4. The fourth-order valence-corrected chi connectivity index (χ4v) is 4.02. The molecule has 1 saturated heterocycles. The minimum atomic E-state index is -0.615. The van der Waals surface area contributed by atoms with E-state index in [1.165, 1.54) is 5.56 Å². The summed E-state index contributed by atoms with van der Waals surface area (Å²) in [5, 5.41) is 0. The molecule has 0 aromatic heterocycles. The minimum Gasteiger partial charge on any atom is -0.449 e. The van der Waals surface area contributed by atoms with Gasteiger partial charge in [-0.1, -0.05) is 19.4 Å². The first kappa shape index (κ1) is 20.8. The van der Waals surface area contributed by atoms with E-state index in [-0.39, 0.29) is 24.2 Å². The number of nitrogens with zero attached hydrogens (tertiary/aromatic N) is 2. The molecule has 28 heavy (non-hydrogen) atoms. The minimum absolute atomic E-state index is 0.112. The molecule has 0 saturated carbocycles. The van der Waals surface area contributed by atoms with Gasteiger partial charge in [0.15, 0.2) is 11.5 Å². The Morgan fingerprint density at radius 1 is 1.21 bits per heavy atom. The Morgan fingerprint density at radius 3 is 2.64 bits per heavy atom. The van der Waals surface area contributed by atoms with Crippen molar-refractivity contribution in [2.45, 2.75) is 78.3 Å². The van der Waals surface area contributed by atoms with Crippen LogP contribution in [0.3, 0.4) is 0 Å². The van der Waals surface area contributed by atoms with E-state index in [4.69, 9.17) is 14.2 Å². The van der Waals surface area contributed by atoms with Gasteiger partial charge in [-0.3, -0.25) is 4.90 Å². The molecule has 2 aliphatic rings. The number of carbonyl (C=O) groups excluding carboxylic acids is 1. The van der Waals surface area contributed by atoms with Crippen LogP contribution >= 0.6 is 0 Å². The molecule has 1 amide bonds. The third-order valence-corrected chi connectivity index (χ3v) is 5.65. The number of unbranched alkanes of at least 4 members (excludes halogenated alkanes) is 1. The van der Waals surface area contributed by atoms with E-state index in [1.54, 1.807) is 0 Å². The maximum Gasteiger partial charge on any atom is 0.410 e. The first-order valence-electron chi connectivity index (χ1n) is 10.4. The number of hydrogen-bond donors (Lipinski definition) is 0. The van der Waals surface area contributed by atoms with Crippen molar-refractivity contribution in [1.82, 2.24) is 9.80 Å².